The summed E-state index contributed by atoms with van der Waals surface area (Å²) in [5, 5.41) is 10.2. The summed E-state index contributed by atoms with van der Waals surface area (Å²) in [6.07, 6.45) is 0.826. The third-order valence-corrected chi connectivity index (χ3v) is 3.38. The first-order chi connectivity index (χ1) is 8.63. The lowest BCUT2D eigenvalue weighted by Crippen LogP contribution is -2.48. The first-order valence-electron chi connectivity index (χ1n) is 6.00. The Morgan fingerprint density at radius 1 is 1.61 bits per heavy atom. The second-order valence-corrected chi connectivity index (χ2v) is 4.73. The highest BCUT2D eigenvalue weighted by atomic mass is 35.5. The molecule has 1 aliphatic rings. The molecule has 0 spiro atoms. The number of amides is 1. The van der Waals surface area contributed by atoms with Crippen molar-refractivity contribution in [2.45, 2.75) is 19.4 Å². The van der Waals surface area contributed by atoms with Crippen molar-refractivity contribution in [1.82, 2.24) is 4.90 Å². The number of nitrogens with zero attached hydrogens (tertiary/aromatic N) is 1. The number of carbonyl (C=O) groups excluding carboxylic acids is 1. The van der Waals surface area contributed by atoms with Crippen LogP contribution in [0.3, 0.4) is 0 Å². The third-order valence-electron chi connectivity index (χ3n) is 3.15. The Morgan fingerprint density at radius 3 is 3.11 bits per heavy atom. The number of rotatable bonds is 2. The SMILES string of the molecule is CCC1COCCN1C(=O)c1cc(Cl)ccc1O. The molecule has 1 unspecified atom stereocenters. The Kier molecular flexibility index (Phi) is 4.09. The van der Waals surface area contributed by atoms with Gasteiger partial charge in [-0.25, -0.2) is 0 Å². The van der Waals surface area contributed by atoms with Crippen molar-refractivity contribution in [2.24, 2.45) is 0 Å². The minimum atomic E-state index is -0.190. The topological polar surface area (TPSA) is 49.8 Å². The standard InChI is InChI=1S/C13H16ClNO3/c1-2-10-8-18-6-5-15(10)13(17)11-7-9(14)3-4-12(11)16/h3-4,7,10,16H,2,5-6,8H2,1H3. The molecular formula is C13H16ClNO3. The summed E-state index contributed by atoms with van der Waals surface area (Å²) in [5.74, 6) is -0.226. The van der Waals surface area contributed by atoms with E-state index >= 15 is 0 Å². The van der Waals surface area contributed by atoms with E-state index in [2.05, 4.69) is 0 Å². The van der Waals surface area contributed by atoms with Crippen LogP contribution in [0, 0.1) is 0 Å². The summed E-state index contributed by atoms with van der Waals surface area (Å²) >= 11 is 5.86. The molecule has 0 radical (unpaired) electrons. The predicted octanol–water partition coefficient (Wildman–Crippen LogP) is 2.30. The summed E-state index contributed by atoms with van der Waals surface area (Å²) in [6, 6.07) is 4.56. The Hall–Kier alpha value is -1.26. The van der Waals surface area contributed by atoms with Crippen LogP contribution in [0.5, 0.6) is 5.75 Å². The normalized spacial score (nSPS) is 19.9. The van der Waals surface area contributed by atoms with Gasteiger partial charge in [-0.3, -0.25) is 4.79 Å². The Morgan fingerprint density at radius 2 is 2.39 bits per heavy atom. The molecule has 5 heteroatoms. The number of aromatic hydroxyl groups is 1. The number of phenols is 1. The monoisotopic (exact) mass is 269 g/mol. The van der Waals surface area contributed by atoms with E-state index in [1.54, 1.807) is 11.0 Å². The molecule has 0 bridgehead atoms. The molecule has 18 heavy (non-hydrogen) atoms. The molecule has 0 aliphatic carbocycles. The highest BCUT2D eigenvalue weighted by Crippen LogP contribution is 2.24. The fourth-order valence-electron chi connectivity index (χ4n) is 2.09. The van der Waals surface area contributed by atoms with Gasteiger partial charge in [-0.1, -0.05) is 18.5 Å². The first-order valence-corrected chi connectivity index (χ1v) is 6.38. The fourth-order valence-corrected chi connectivity index (χ4v) is 2.27. The van der Waals surface area contributed by atoms with Crippen molar-refractivity contribution in [3.05, 3.63) is 28.8 Å². The van der Waals surface area contributed by atoms with Crippen LogP contribution in [-0.4, -0.2) is 41.7 Å². The summed E-state index contributed by atoms with van der Waals surface area (Å²) in [5.41, 5.74) is 0.253. The molecule has 1 aromatic carbocycles. The van der Waals surface area contributed by atoms with E-state index in [9.17, 15) is 9.90 Å². The number of hydrogen-bond acceptors (Lipinski definition) is 3. The van der Waals surface area contributed by atoms with Crippen molar-refractivity contribution in [3.63, 3.8) is 0 Å². The summed E-state index contributed by atoms with van der Waals surface area (Å²) in [4.78, 5) is 14.1. The number of morpholine rings is 1. The van der Waals surface area contributed by atoms with Gasteiger partial charge in [0.15, 0.2) is 0 Å². The first kappa shape index (κ1) is 13.2. The average Bonchev–Trinajstić information content (AvgIpc) is 2.40. The zero-order valence-electron chi connectivity index (χ0n) is 10.2. The highest BCUT2D eigenvalue weighted by Gasteiger charge is 2.28. The van der Waals surface area contributed by atoms with Crippen LogP contribution in [0.25, 0.3) is 0 Å². The predicted molar refractivity (Wildman–Crippen MR) is 69.1 cm³/mol. The fraction of sp³-hybridized carbons (Fsp3) is 0.462. The van der Waals surface area contributed by atoms with Crippen molar-refractivity contribution in [2.75, 3.05) is 19.8 Å². The van der Waals surface area contributed by atoms with Gasteiger partial charge in [0.1, 0.15) is 5.75 Å². The van der Waals surface area contributed by atoms with Crippen LogP contribution >= 0.6 is 11.6 Å². The van der Waals surface area contributed by atoms with Gasteiger partial charge in [0.2, 0.25) is 0 Å². The van der Waals surface area contributed by atoms with Gasteiger partial charge in [0, 0.05) is 11.6 Å². The summed E-state index contributed by atoms with van der Waals surface area (Å²) < 4.78 is 5.36. The second-order valence-electron chi connectivity index (χ2n) is 4.30. The van der Waals surface area contributed by atoms with E-state index in [1.807, 2.05) is 6.92 Å². The van der Waals surface area contributed by atoms with Crippen molar-refractivity contribution < 1.29 is 14.6 Å². The molecule has 0 aromatic heterocycles. The number of carbonyl (C=O) groups is 1. The minimum Gasteiger partial charge on any atom is -0.507 e. The van der Waals surface area contributed by atoms with Crippen LogP contribution in [0.4, 0.5) is 0 Å². The largest absolute Gasteiger partial charge is 0.507 e. The molecule has 1 fully saturated rings. The number of ether oxygens (including phenoxy) is 1. The van der Waals surface area contributed by atoms with Crippen molar-refractivity contribution >= 4 is 17.5 Å². The van der Waals surface area contributed by atoms with Crippen LogP contribution in [0.15, 0.2) is 18.2 Å². The molecular weight excluding hydrogens is 254 g/mol. The van der Waals surface area contributed by atoms with E-state index in [1.165, 1.54) is 12.1 Å². The molecule has 1 saturated heterocycles. The van der Waals surface area contributed by atoms with Crippen LogP contribution in [0.1, 0.15) is 23.7 Å². The summed E-state index contributed by atoms with van der Waals surface area (Å²) in [6.45, 7) is 3.63. The quantitative estimate of drug-likeness (QED) is 0.896. The Balaban J connectivity index is 2.26. The highest BCUT2D eigenvalue weighted by molar-refractivity contribution is 6.31. The minimum absolute atomic E-state index is 0.0363. The van der Waals surface area contributed by atoms with Crippen molar-refractivity contribution in [1.29, 1.82) is 0 Å². The number of benzene rings is 1. The lowest BCUT2D eigenvalue weighted by molar-refractivity contribution is -0.00293. The zero-order chi connectivity index (χ0) is 13.1. The van der Waals surface area contributed by atoms with Crippen LogP contribution < -0.4 is 0 Å². The van der Waals surface area contributed by atoms with E-state index in [0.717, 1.165) is 6.42 Å². The van der Waals surface area contributed by atoms with Crippen LogP contribution in [0.2, 0.25) is 5.02 Å². The maximum atomic E-state index is 12.4. The van der Waals surface area contributed by atoms with Gasteiger partial charge in [-0.05, 0) is 24.6 Å². The van der Waals surface area contributed by atoms with Gasteiger partial charge in [0.05, 0.1) is 24.8 Å². The molecule has 1 atom stereocenters. The van der Waals surface area contributed by atoms with Crippen molar-refractivity contribution in [3.8, 4) is 5.75 Å². The third kappa shape index (κ3) is 2.60. The van der Waals surface area contributed by atoms with E-state index < -0.39 is 0 Å². The average molecular weight is 270 g/mol. The second kappa shape index (κ2) is 5.59. The Labute approximate surface area is 111 Å². The molecule has 1 aromatic rings. The molecule has 0 saturated carbocycles. The molecule has 2 rings (SSSR count). The zero-order valence-corrected chi connectivity index (χ0v) is 11.0. The number of halogens is 1. The smallest absolute Gasteiger partial charge is 0.258 e. The number of hydrogen-bond donors (Lipinski definition) is 1. The van der Waals surface area contributed by atoms with Gasteiger partial charge in [-0.15, -0.1) is 0 Å². The van der Waals surface area contributed by atoms with Crippen LogP contribution in [-0.2, 0) is 4.74 Å². The lowest BCUT2D eigenvalue weighted by Gasteiger charge is -2.35. The summed E-state index contributed by atoms with van der Waals surface area (Å²) in [7, 11) is 0. The molecule has 98 valence electrons. The molecule has 1 N–H and O–H groups in total. The Bertz CT molecular complexity index is 450. The maximum Gasteiger partial charge on any atom is 0.258 e. The van der Waals surface area contributed by atoms with Gasteiger partial charge in [0.25, 0.3) is 5.91 Å². The van der Waals surface area contributed by atoms with E-state index in [4.69, 9.17) is 16.3 Å². The van der Waals surface area contributed by atoms with Gasteiger partial charge >= 0.3 is 0 Å². The lowest BCUT2D eigenvalue weighted by atomic mass is 10.1. The molecule has 1 heterocycles. The maximum absolute atomic E-state index is 12.4. The van der Waals surface area contributed by atoms with Gasteiger partial charge < -0.3 is 14.7 Å². The van der Waals surface area contributed by atoms with Gasteiger partial charge in [-0.2, -0.15) is 0 Å². The number of phenolic OH excluding ortho intramolecular Hbond substituents is 1. The molecule has 4 nitrogen and oxygen atoms in total. The molecule has 1 amide bonds. The van der Waals surface area contributed by atoms with E-state index in [-0.39, 0.29) is 23.3 Å². The van der Waals surface area contributed by atoms with E-state index in [0.29, 0.717) is 24.8 Å². The molecule has 1 aliphatic heterocycles.